The second kappa shape index (κ2) is 5.23. The van der Waals surface area contributed by atoms with Crippen molar-refractivity contribution < 1.29 is 9.90 Å². The molecule has 0 aliphatic carbocycles. The highest BCUT2D eigenvalue weighted by atomic mass is 32.1. The van der Waals surface area contributed by atoms with Gasteiger partial charge in [-0.1, -0.05) is 12.1 Å². The molecule has 1 aromatic carbocycles. The maximum atomic E-state index is 11.8. The van der Waals surface area contributed by atoms with E-state index in [1.54, 1.807) is 18.2 Å². The van der Waals surface area contributed by atoms with Gasteiger partial charge in [-0.25, -0.2) is 0 Å². The van der Waals surface area contributed by atoms with Crippen molar-refractivity contribution in [2.45, 2.75) is 19.9 Å². The molecule has 2 aromatic rings. The molecule has 4 heteroatoms. The van der Waals surface area contributed by atoms with Gasteiger partial charge in [-0.15, -0.1) is 11.3 Å². The topological polar surface area (TPSA) is 49.3 Å². The Hall–Kier alpha value is -1.81. The number of carbonyl (C=O) groups excluding carboxylic acids is 1. The summed E-state index contributed by atoms with van der Waals surface area (Å²) < 4.78 is 0. The first-order valence-corrected chi connectivity index (χ1v) is 6.58. The van der Waals surface area contributed by atoms with Crippen molar-refractivity contribution in [3.8, 4) is 16.2 Å². The van der Waals surface area contributed by atoms with Crippen molar-refractivity contribution in [2.75, 3.05) is 0 Å². The highest BCUT2D eigenvalue weighted by Gasteiger charge is 2.11. The highest BCUT2D eigenvalue weighted by Crippen LogP contribution is 2.30. The monoisotopic (exact) mass is 261 g/mol. The van der Waals surface area contributed by atoms with Crippen LogP contribution in [0.1, 0.15) is 23.5 Å². The quantitative estimate of drug-likeness (QED) is 0.891. The van der Waals surface area contributed by atoms with Crippen molar-refractivity contribution in [2.24, 2.45) is 0 Å². The minimum atomic E-state index is -0.0543. The molecule has 3 nitrogen and oxygen atoms in total. The summed E-state index contributed by atoms with van der Waals surface area (Å²) in [6.45, 7) is 3.86. The van der Waals surface area contributed by atoms with Crippen molar-refractivity contribution in [1.82, 2.24) is 5.32 Å². The SMILES string of the molecule is CC(C)NC(=O)c1ccc(-c2cccc(O)c2)s1. The molecule has 1 amide bonds. The van der Waals surface area contributed by atoms with Crippen LogP contribution in [0.4, 0.5) is 0 Å². The number of phenolic OH excluding ortho intramolecular Hbond substituents is 1. The number of thiophene rings is 1. The second-order valence-electron chi connectivity index (χ2n) is 4.34. The Morgan fingerprint density at radius 2 is 2.06 bits per heavy atom. The van der Waals surface area contributed by atoms with Gasteiger partial charge in [-0.05, 0) is 43.7 Å². The summed E-state index contributed by atoms with van der Waals surface area (Å²) in [5, 5.41) is 12.3. The lowest BCUT2D eigenvalue weighted by Crippen LogP contribution is -2.29. The van der Waals surface area contributed by atoms with Crippen LogP contribution < -0.4 is 5.32 Å². The van der Waals surface area contributed by atoms with Crippen LogP contribution in [-0.2, 0) is 0 Å². The van der Waals surface area contributed by atoms with Crippen LogP contribution in [0.25, 0.3) is 10.4 Å². The van der Waals surface area contributed by atoms with Gasteiger partial charge in [0.15, 0.2) is 0 Å². The fraction of sp³-hybridized carbons (Fsp3) is 0.214. The molecule has 0 bridgehead atoms. The second-order valence-corrected chi connectivity index (χ2v) is 5.43. The van der Waals surface area contributed by atoms with E-state index in [4.69, 9.17) is 0 Å². The number of benzene rings is 1. The molecule has 0 unspecified atom stereocenters. The Balaban J connectivity index is 2.23. The molecule has 2 rings (SSSR count). The summed E-state index contributed by atoms with van der Waals surface area (Å²) in [5.41, 5.74) is 0.920. The number of hydrogen-bond acceptors (Lipinski definition) is 3. The third kappa shape index (κ3) is 2.90. The minimum absolute atomic E-state index is 0.0543. The number of nitrogens with one attached hydrogen (secondary N) is 1. The number of phenols is 1. The Morgan fingerprint density at radius 1 is 1.28 bits per heavy atom. The molecule has 2 N–H and O–H groups in total. The van der Waals surface area contributed by atoms with Crippen LogP contribution in [0.3, 0.4) is 0 Å². The zero-order valence-corrected chi connectivity index (χ0v) is 11.1. The molecule has 94 valence electrons. The van der Waals surface area contributed by atoms with Gasteiger partial charge in [0.05, 0.1) is 4.88 Å². The number of rotatable bonds is 3. The van der Waals surface area contributed by atoms with Crippen molar-refractivity contribution >= 4 is 17.2 Å². The summed E-state index contributed by atoms with van der Waals surface area (Å²) in [6.07, 6.45) is 0. The van der Waals surface area contributed by atoms with Gasteiger partial charge in [-0.3, -0.25) is 4.79 Å². The zero-order valence-electron chi connectivity index (χ0n) is 10.3. The standard InChI is InChI=1S/C14H15NO2S/c1-9(2)15-14(17)13-7-6-12(18-13)10-4-3-5-11(16)8-10/h3-9,16H,1-2H3,(H,15,17). The molecule has 0 spiro atoms. The maximum absolute atomic E-state index is 11.8. The van der Waals surface area contributed by atoms with E-state index in [9.17, 15) is 9.90 Å². The number of amides is 1. The van der Waals surface area contributed by atoms with Crippen molar-refractivity contribution in [3.05, 3.63) is 41.3 Å². The largest absolute Gasteiger partial charge is 0.508 e. The molecular weight excluding hydrogens is 246 g/mol. The molecule has 0 aliphatic heterocycles. The van der Waals surface area contributed by atoms with E-state index in [1.807, 2.05) is 32.0 Å². The van der Waals surface area contributed by atoms with Gasteiger partial charge in [-0.2, -0.15) is 0 Å². The molecule has 18 heavy (non-hydrogen) atoms. The van der Waals surface area contributed by atoms with Crippen LogP contribution >= 0.6 is 11.3 Å². The summed E-state index contributed by atoms with van der Waals surface area (Å²) >= 11 is 1.42. The molecule has 1 heterocycles. The van der Waals surface area contributed by atoms with Gasteiger partial charge in [0.1, 0.15) is 5.75 Å². The summed E-state index contributed by atoms with van der Waals surface area (Å²) in [7, 11) is 0. The minimum Gasteiger partial charge on any atom is -0.508 e. The van der Waals surface area contributed by atoms with Crippen LogP contribution in [0, 0.1) is 0 Å². The first kappa shape index (κ1) is 12.6. The van der Waals surface area contributed by atoms with Crippen molar-refractivity contribution in [1.29, 1.82) is 0 Å². The maximum Gasteiger partial charge on any atom is 0.261 e. The van der Waals surface area contributed by atoms with Gasteiger partial charge in [0.25, 0.3) is 5.91 Å². The normalized spacial score (nSPS) is 10.6. The molecule has 0 aliphatic rings. The average Bonchev–Trinajstić information content (AvgIpc) is 2.77. The van der Waals surface area contributed by atoms with E-state index in [0.717, 1.165) is 10.4 Å². The summed E-state index contributed by atoms with van der Waals surface area (Å²) in [5.74, 6) is 0.176. The lowest BCUT2D eigenvalue weighted by molar-refractivity contribution is 0.0947. The Labute approximate surface area is 110 Å². The smallest absolute Gasteiger partial charge is 0.261 e. The molecule has 1 aromatic heterocycles. The van der Waals surface area contributed by atoms with Crippen LogP contribution in [-0.4, -0.2) is 17.1 Å². The molecule has 0 fully saturated rings. The Morgan fingerprint density at radius 3 is 2.72 bits per heavy atom. The summed E-state index contributed by atoms with van der Waals surface area (Å²) in [4.78, 5) is 13.5. The lowest BCUT2D eigenvalue weighted by Gasteiger charge is -2.05. The predicted octanol–water partition coefficient (Wildman–Crippen LogP) is 3.26. The Kier molecular flexibility index (Phi) is 3.67. The highest BCUT2D eigenvalue weighted by molar-refractivity contribution is 7.17. The first-order chi connectivity index (χ1) is 8.56. The van der Waals surface area contributed by atoms with Crippen LogP contribution in [0.5, 0.6) is 5.75 Å². The fourth-order valence-corrected chi connectivity index (χ4v) is 2.51. The Bertz CT molecular complexity index is 560. The number of aromatic hydroxyl groups is 1. The summed E-state index contributed by atoms with van der Waals surface area (Å²) in [6, 6.07) is 10.9. The van der Waals surface area contributed by atoms with Crippen molar-refractivity contribution in [3.63, 3.8) is 0 Å². The number of carbonyl (C=O) groups is 1. The predicted molar refractivity (Wildman–Crippen MR) is 74.0 cm³/mol. The van der Waals surface area contributed by atoms with E-state index in [1.165, 1.54) is 11.3 Å². The van der Waals surface area contributed by atoms with E-state index < -0.39 is 0 Å². The van der Waals surface area contributed by atoms with Gasteiger partial charge >= 0.3 is 0 Å². The average molecular weight is 261 g/mol. The molecular formula is C14H15NO2S. The van der Waals surface area contributed by atoms with Gasteiger partial charge < -0.3 is 10.4 Å². The fourth-order valence-electron chi connectivity index (χ4n) is 1.61. The lowest BCUT2D eigenvalue weighted by atomic mass is 10.2. The molecule has 0 saturated carbocycles. The molecule has 0 saturated heterocycles. The van der Waals surface area contributed by atoms with E-state index in [0.29, 0.717) is 4.88 Å². The van der Waals surface area contributed by atoms with Crippen LogP contribution in [0.15, 0.2) is 36.4 Å². The number of hydrogen-bond donors (Lipinski definition) is 2. The molecule has 0 radical (unpaired) electrons. The van der Waals surface area contributed by atoms with Crippen LogP contribution in [0.2, 0.25) is 0 Å². The van der Waals surface area contributed by atoms with Gasteiger partial charge in [0.2, 0.25) is 0 Å². The van der Waals surface area contributed by atoms with E-state index in [2.05, 4.69) is 5.32 Å². The zero-order chi connectivity index (χ0) is 13.1. The third-order valence-electron chi connectivity index (χ3n) is 2.38. The van der Waals surface area contributed by atoms with E-state index >= 15 is 0 Å². The first-order valence-electron chi connectivity index (χ1n) is 5.76. The molecule has 0 atom stereocenters. The van der Waals surface area contributed by atoms with E-state index in [-0.39, 0.29) is 17.7 Å². The van der Waals surface area contributed by atoms with Gasteiger partial charge in [0, 0.05) is 10.9 Å². The third-order valence-corrected chi connectivity index (χ3v) is 3.51.